The van der Waals surface area contributed by atoms with Crippen LogP contribution in [-0.2, 0) is 23.9 Å². The van der Waals surface area contributed by atoms with E-state index in [-0.39, 0.29) is 41.4 Å². The first kappa shape index (κ1) is 21.7. The zero-order chi connectivity index (χ0) is 22.4. The number of carbonyl (C=O) groups is 4. The molecule has 164 valence electrons. The second kappa shape index (κ2) is 8.22. The zero-order valence-corrected chi connectivity index (χ0v) is 19.2. The third-order valence-electron chi connectivity index (χ3n) is 6.46. The maximum Gasteiger partial charge on any atom is 0.330 e. The maximum atomic E-state index is 13.1. The smallest absolute Gasteiger partial charge is 0.330 e. The van der Waals surface area contributed by atoms with Crippen LogP contribution in [0.5, 0.6) is 0 Å². The molecule has 31 heavy (non-hydrogen) atoms. The van der Waals surface area contributed by atoms with Gasteiger partial charge in [-0.15, -0.1) is 0 Å². The predicted molar refractivity (Wildman–Crippen MR) is 117 cm³/mol. The van der Waals surface area contributed by atoms with Gasteiger partial charge in [0.2, 0.25) is 11.8 Å². The van der Waals surface area contributed by atoms with Gasteiger partial charge in [0.15, 0.2) is 6.61 Å². The van der Waals surface area contributed by atoms with Crippen LogP contribution in [0.2, 0.25) is 0 Å². The number of benzene rings is 1. The van der Waals surface area contributed by atoms with Crippen molar-refractivity contribution in [3.63, 3.8) is 0 Å². The molecule has 0 aromatic heterocycles. The van der Waals surface area contributed by atoms with Gasteiger partial charge in [-0.2, -0.15) is 0 Å². The molecule has 3 amide bonds. The number of hydrogen-bond donors (Lipinski definition) is 1. The number of carbonyl (C=O) groups excluding carboxylic acids is 4. The van der Waals surface area contributed by atoms with Crippen molar-refractivity contribution < 1.29 is 23.9 Å². The van der Waals surface area contributed by atoms with E-state index < -0.39 is 24.5 Å². The van der Waals surface area contributed by atoms with Crippen molar-refractivity contribution in [2.45, 2.75) is 33.2 Å². The number of ether oxygens (including phenoxy) is 1. The number of halogens is 1. The first-order valence-corrected chi connectivity index (χ1v) is 11.3. The summed E-state index contributed by atoms with van der Waals surface area (Å²) in [5.74, 6) is -2.75. The minimum atomic E-state index is -1.03. The van der Waals surface area contributed by atoms with E-state index in [2.05, 4.69) is 21.2 Å². The van der Waals surface area contributed by atoms with Crippen LogP contribution in [0.3, 0.4) is 0 Å². The third-order valence-corrected chi connectivity index (χ3v) is 6.96. The average Bonchev–Trinajstić information content (AvgIpc) is 3.38. The Balaban J connectivity index is 1.42. The van der Waals surface area contributed by atoms with E-state index in [1.165, 1.54) is 0 Å². The van der Waals surface area contributed by atoms with Crippen LogP contribution < -0.4 is 5.32 Å². The Morgan fingerprint density at radius 3 is 2.32 bits per heavy atom. The quantitative estimate of drug-likeness (QED) is 0.377. The number of esters is 1. The highest BCUT2D eigenvalue weighted by Gasteiger charge is 2.61. The fourth-order valence-electron chi connectivity index (χ4n) is 5.05. The second-order valence-electron chi connectivity index (χ2n) is 8.85. The average molecular weight is 489 g/mol. The zero-order valence-electron chi connectivity index (χ0n) is 17.6. The SMILES string of the molecule is Cc1cc(Br)ccc1NC(=O)COC(=O)[C@@H](C(C)C)N1C(=O)[C@@H]2[C@H](C1=O)[C@H]1C=C[C@H]2C1. The fourth-order valence-corrected chi connectivity index (χ4v) is 5.53. The molecular weight excluding hydrogens is 464 g/mol. The summed E-state index contributed by atoms with van der Waals surface area (Å²) >= 11 is 3.37. The highest BCUT2D eigenvalue weighted by Crippen LogP contribution is 2.53. The van der Waals surface area contributed by atoms with Gasteiger partial charge in [0, 0.05) is 10.2 Å². The van der Waals surface area contributed by atoms with Gasteiger partial charge in [-0.05, 0) is 54.9 Å². The van der Waals surface area contributed by atoms with E-state index in [9.17, 15) is 19.2 Å². The molecule has 5 atom stereocenters. The number of rotatable bonds is 6. The summed E-state index contributed by atoms with van der Waals surface area (Å²) in [5, 5.41) is 2.71. The summed E-state index contributed by atoms with van der Waals surface area (Å²) < 4.78 is 6.13. The molecule has 2 bridgehead atoms. The predicted octanol–water partition coefficient (Wildman–Crippen LogP) is 3.07. The van der Waals surface area contributed by atoms with Crippen LogP contribution in [0.4, 0.5) is 5.69 Å². The Labute approximate surface area is 189 Å². The molecule has 1 aliphatic heterocycles. The lowest BCUT2D eigenvalue weighted by molar-refractivity contribution is -0.162. The molecule has 1 N–H and O–H groups in total. The van der Waals surface area contributed by atoms with Gasteiger partial charge < -0.3 is 10.1 Å². The molecule has 0 spiro atoms. The number of likely N-dealkylation sites (tertiary alicyclic amines) is 1. The summed E-state index contributed by atoms with van der Waals surface area (Å²) in [7, 11) is 0. The molecule has 3 aliphatic rings. The molecule has 1 saturated heterocycles. The summed E-state index contributed by atoms with van der Waals surface area (Å²) in [6.45, 7) is 4.88. The highest BCUT2D eigenvalue weighted by atomic mass is 79.9. The van der Waals surface area contributed by atoms with E-state index in [4.69, 9.17) is 4.74 Å². The largest absolute Gasteiger partial charge is 0.454 e. The van der Waals surface area contributed by atoms with Gasteiger partial charge in [-0.3, -0.25) is 19.3 Å². The van der Waals surface area contributed by atoms with E-state index >= 15 is 0 Å². The van der Waals surface area contributed by atoms with Crippen molar-refractivity contribution in [1.29, 1.82) is 0 Å². The van der Waals surface area contributed by atoms with Gasteiger partial charge >= 0.3 is 5.97 Å². The third kappa shape index (κ3) is 3.82. The van der Waals surface area contributed by atoms with Crippen LogP contribution in [-0.4, -0.2) is 41.2 Å². The van der Waals surface area contributed by atoms with Crippen molar-refractivity contribution in [2.75, 3.05) is 11.9 Å². The molecule has 2 fully saturated rings. The molecule has 7 nitrogen and oxygen atoms in total. The number of nitrogens with zero attached hydrogens (tertiary/aromatic N) is 1. The minimum absolute atomic E-state index is 0.0696. The van der Waals surface area contributed by atoms with Gasteiger partial charge in [0.1, 0.15) is 6.04 Å². The van der Waals surface area contributed by atoms with Gasteiger partial charge in [0.05, 0.1) is 11.8 Å². The van der Waals surface area contributed by atoms with Gasteiger partial charge in [-0.25, -0.2) is 4.79 Å². The van der Waals surface area contributed by atoms with Crippen LogP contribution in [0.25, 0.3) is 0 Å². The van der Waals surface area contributed by atoms with E-state index in [0.717, 1.165) is 21.4 Å². The number of nitrogens with one attached hydrogen (secondary N) is 1. The van der Waals surface area contributed by atoms with Crippen LogP contribution in [0, 0.1) is 36.5 Å². The summed E-state index contributed by atoms with van der Waals surface area (Å²) in [6.07, 6.45) is 4.85. The molecule has 1 aromatic rings. The monoisotopic (exact) mass is 488 g/mol. The number of aryl methyl sites for hydroxylation is 1. The van der Waals surface area contributed by atoms with E-state index in [0.29, 0.717) is 5.69 Å². The van der Waals surface area contributed by atoms with Gasteiger partial charge in [-0.1, -0.05) is 41.9 Å². The molecule has 1 saturated carbocycles. The van der Waals surface area contributed by atoms with Crippen molar-refractivity contribution >= 4 is 45.3 Å². The first-order chi connectivity index (χ1) is 14.7. The number of fused-ring (bicyclic) bond motifs is 5. The molecule has 1 heterocycles. The standard InChI is InChI=1S/C23H25BrN2O5/c1-11(2)20(26-21(28)18-13-4-5-14(9-13)19(18)22(26)29)23(30)31-10-17(27)25-16-7-6-15(24)8-12(16)3/h4-8,11,13-14,18-20H,9-10H2,1-3H3,(H,25,27)/t13-,14-,18-,19+,20+/m0/s1. The van der Waals surface area contributed by atoms with Crippen molar-refractivity contribution in [3.8, 4) is 0 Å². The van der Waals surface area contributed by atoms with E-state index in [1.54, 1.807) is 26.0 Å². The number of hydrogen-bond acceptors (Lipinski definition) is 5. The maximum absolute atomic E-state index is 13.1. The lowest BCUT2D eigenvalue weighted by Crippen LogP contribution is -2.50. The Morgan fingerprint density at radius 2 is 1.77 bits per heavy atom. The Kier molecular flexibility index (Phi) is 5.77. The second-order valence-corrected chi connectivity index (χ2v) is 9.77. The molecule has 0 radical (unpaired) electrons. The first-order valence-electron chi connectivity index (χ1n) is 10.5. The van der Waals surface area contributed by atoms with Crippen molar-refractivity contribution in [1.82, 2.24) is 4.90 Å². The minimum Gasteiger partial charge on any atom is -0.454 e. The molecule has 8 heteroatoms. The van der Waals surface area contributed by atoms with Crippen LogP contribution >= 0.6 is 15.9 Å². The molecule has 4 rings (SSSR count). The lowest BCUT2D eigenvalue weighted by Gasteiger charge is -2.28. The highest BCUT2D eigenvalue weighted by molar-refractivity contribution is 9.10. The lowest BCUT2D eigenvalue weighted by atomic mass is 9.85. The Morgan fingerprint density at radius 1 is 1.16 bits per heavy atom. The number of anilines is 1. The van der Waals surface area contributed by atoms with Crippen LogP contribution in [0.1, 0.15) is 25.8 Å². The molecular formula is C23H25BrN2O5. The summed E-state index contributed by atoms with van der Waals surface area (Å²) in [5.41, 5.74) is 1.47. The topological polar surface area (TPSA) is 92.8 Å². The van der Waals surface area contributed by atoms with Gasteiger partial charge in [0.25, 0.3) is 5.91 Å². The van der Waals surface area contributed by atoms with Crippen molar-refractivity contribution in [3.05, 3.63) is 40.4 Å². The Hall–Kier alpha value is -2.48. The molecule has 2 aliphatic carbocycles. The number of imide groups is 1. The van der Waals surface area contributed by atoms with E-state index in [1.807, 2.05) is 25.1 Å². The van der Waals surface area contributed by atoms with Crippen LogP contribution in [0.15, 0.2) is 34.8 Å². The van der Waals surface area contributed by atoms with Crippen molar-refractivity contribution in [2.24, 2.45) is 29.6 Å². The normalized spacial score (nSPS) is 27.1. The molecule has 1 aromatic carbocycles. The Bertz CT molecular complexity index is 958. The summed E-state index contributed by atoms with van der Waals surface area (Å²) in [4.78, 5) is 52.4. The molecule has 0 unspecified atom stereocenters. The number of amides is 3. The summed E-state index contributed by atoms with van der Waals surface area (Å²) in [6, 6.07) is 4.37. The fraction of sp³-hybridized carbons (Fsp3) is 0.478. The number of allylic oxidation sites excluding steroid dienone is 2.